The van der Waals surface area contributed by atoms with E-state index in [2.05, 4.69) is 12.7 Å². The molecule has 2 unspecified atom stereocenters. The van der Waals surface area contributed by atoms with Crippen LogP contribution in [0.1, 0.15) is 56.9 Å². The van der Waals surface area contributed by atoms with Crippen molar-refractivity contribution >= 4 is 6.09 Å². The van der Waals surface area contributed by atoms with Crippen LogP contribution in [0.3, 0.4) is 0 Å². The van der Waals surface area contributed by atoms with E-state index in [1.807, 2.05) is 41.3 Å². The van der Waals surface area contributed by atoms with Gasteiger partial charge in [-0.15, -0.1) is 6.58 Å². The number of rotatable bonds is 8. The Kier molecular flexibility index (Phi) is 6.32. The third-order valence-electron chi connectivity index (χ3n) is 5.29. The van der Waals surface area contributed by atoms with Crippen LogP contribution < -0.4 is 0 Å². The second-order valence-corrected chi connectivity index (χ2v) is 7.16. The van der Waals surface area contributed by atoms with Gasteiger partial charge in [-0.25, -0.2) is 4.79 Å². The highest BCUT2D eigenvalue weighted by molar-refractivity contribution is 5.70. The molecule has 0 radical (unpaired) electrons. The fourth-order valence-corrected chi connectivity index (χ4v) is 4.00. The second-order valence-electron chi connectivity index (χ2n) is 7.16. The summed E-state index contributed by atoms with van der Waals surface area (Å²) in [6, 6.07) is 10.5. The largest absolute Gasteiger partial charge is 0.445 e. The summed E-state index contributed by atoms with van der Waals surface area (Å²) in [6.07, 6.45) is 13.4. The third-order valence-corrected chi connectivity index (χ3v) is 5.29. The average molecular weight is 339 g/mol. The Balaban J connectivity index is 1.49. The van der Waals surface area contributed by atoms with Gasteiger partial charge in [0, 0.05) is 6.04 Å². The Bertz CT molecular complexity index is 608. The molecule has 1 aromatic rings. The van der Waals surface area contributed by atoms with Crippen molar-refractivity contribution in [3.05, 3.63) is 60.2 Å². The SMILES string of the molecule is C=CCCCCCC1=CC2CCC(C1)N2C(=O)OCc1ccccc1. The summed E-state index contributed by atoms with van der Waals surface area (Å²) in [5.41, 5.74) is 2.58. The molecule has 0 saturated carbocycles. The fraction of sp³-hybridized carbons (Fsp3) is 0.500. The lowest BCUT2D eigenvalue weighted by Crippen LogP contribution is -2.43. The molecule has 3 heteroatoms. The standard InChI is InChI=1S/C22H29NO2/c1-2-3-4-5-7-12-19-15-20-13-14-21(16-19)23(20)22(24)25-17-18-10-8-6-9-11-18/h2,6,8-11,15,20-21H,1,3-5,7,12-14,16-17H2. The smallest absolute Gasteiger partial charge is 0.410 e. The number of fused-ring (bicyclic) bond motifs is 2. The molecule has 1 amide bonds. The second kappa shape index (κ2) is 8.89. The number of allylic oxidation sites excluding steroid dienone is 1. The maximum Gasteiger partial charge on any atom is 0.410 e. The van der Waals surface area contributed by atoms with Crippen LogP contribution in [0.4, 0.5) is 4.79 Å². The van der Waals surface area contributed by atoms with Crippen LogP contribution in [0.2, 0.25) is 0 Å². The van der Waals surface area contributed by atoms with Crippen molar-refractivity contribution in [1.82, 2.24) is 4.90 Å². The summed E-state index contributed by atoms with van der Waals surface area (Å²) in [6.45, 7) is 4.13. The van der Waals surface area contributed by atoms with Crippen molar-refractivity contribution in [2.24, 2.45) is 0 Å². The number of benzene rings is 1. The molecule has 3 rings (SSSR count). The molecule has 1 saturated heterocycles. The maximum absolute atomic E-state index is 12.5. The first kappa shape index (κ1) is 17.8. The van der Waals surface area contributed by atoms with Crippen molar-refractivity contribution in [2.45, 2.75) is 70.1 Å². The average Bonchev–Trinajstić information content (AvgIpc) is 2.91. The molecule has 1 fully saturated rings. The van der Waals surface area contributed by atoms with Crippen LogP contribution in [0, 0.1) is 0 Å². The van der Waals surface area contributed by atoms with Crippen LogP contribution in [0.5, 0.6) is 0 Å². The van der Waals surface area contributed by atoms with Crippen molar-refractivity contribution in [3.63, 3.8) is 0 Å². The van der Waals surface area contributed by atoms with Gasteiger partial charge in [0.25, 0.3) is 0 Å². The zero-order valence-corrected chi connectivity index (χ0v) is 15.0. The van der Waals surface area contributed by atoms with Crippen LogP contribution in [-0.4, -0.2) is 23.1 Å². The molecule has 2 aliphatic heterocycles. The third kappa shape index (κ3) is 4.75. The van der Waals surface area contributed by atoms with Crippen LogP contribution in [0.25, 0.3) is 0 Å². The van der Waals surface area contributed by atoms with E-state index in [9.17, 15) is 4.79 Å². The van der Waals surface area contributed by atoms with Gasteiger partial charge in [-0.1, -0.05) is 54.5 Å². The lowest BCUT2D eigenvalue weighted by molar-refractivity contribution is 0.0814. The van der Waals surface area contributed by atoms with E-state index in [0.29, 0.717) is 12.6 Å². The molecular weight excluding hydrogens is 310 g/mol. The number of hydrogen-bond acceptors (Lipinski definition) is 2. The Labute approximate surface area is 151 Å². The summed E-state index contributed by atoms with van der Waals surface area (Å²) < 4.78 is 5.56. The summed E-state index contributed by atoms with van der Waals surface area (Å²) >= 11 is 0. The molecule has 1 aromatic carbocycles. The maximum atomic E-state index is 12.5. The van der Waals surface area contributed by atoms with Crippen LogP contribution >= 0.6 is 0 Å². The van der Waals surface area contributed by atoms with Gasteiger partial charge in [-0.2, -0.15) is 0 Å². The van der Waals surface area contributed by atoms with Gasteiger partial charge in [0.15, 0.2) is 0 Å². The van der Waals surface area contributed by atoms with E-state index < -0.39 is 0 Å². The van der Waals surface area contributed by atoms with E-state index in [-0.39, 0.29) is 12.1 Å². The van der Waals surface area contributed by atoms with Gasteiger partial charge in [0.1, 0.15) is 6.61 Å². The number of nitrogens with zero attached hydrogens (tertiary/aromatic N) is 1. The molecular formula is C22H29NO2. The molecule has 0 spiro atoms. The molecule has 2 bridgehead atoms. The Morgan fingerprint density at radius 2 is 2.04 bits per heavy atom. The Morgan fingerprint density at radius 1 is 1.20 bits per heavy atom. The van der Waals surface area contributed by atoms with E-state index in [0.717, 1.165) is 31.2 Å². The highest BCUT2D eigenvalue weighted by Crippen LogP contribution is 2.37. The molecule has 0 N–H and O–H groups in total. The molecule has 25 heavy (non-hydrogen) atoms. The van der Waals surface area contributed by atoms with Gasteiger partial charge in [0.05, 0.1) is 6.04 Å². The zero-order valence-electron chi connectivity index (χ0n) is 15.0. The number of hydrogen-bond donors (Lipinski definition) is 0. The van der Waals surface area contributed by atoms with E-state index in [4.69, 9.17) is 4.74 Å². The van der Waals surface area contributed by atoms with Crippen molar-refractivity contribution in [2.75, 3.05) is 0 Å². The number of carbonyl (C=O) groups is 1. The molecule has 2 heterocycles. The van der Waals surface area contributed by atoms with Crippen molar-refractivity contribution in [3.8, 4) is 0 Å². The van der Waals surface area contributed by atoms with E-state index in [1.54, 1.807) is 5.57 Å². The number of amides is 1. The molecule has 0 aromatic heterocycles. The van der Waals surface area contributed by atoms with E-state index in [1.165, 1.54) is 25.7 Å². The zero-order chi connectivity index (χ0) is 17.5. The quantitative estimate of drug-likeness (QED) is 0.454. The molecule has 0 aliphatic carbocycles. The van der Waals surface area contributed by atoms with Gasteiger partial charge in [0.2, 0.25) is 0 Å². The van der Waals surface area contributed by atoms with Gasteiger partial charge in [-0.05, 0) is 50.5 Å². The van der Waals surface area contributed by atoms with Crippen molar-refractivity contribution < 1.29 is 9.53 Å². The summed E-state index contributed by atoms with van der Waals surface area (Å²) in [4.78, 5) is 14.5. The minimum absolute atomic E-state index is 0.155. The lowest BCUT2D eigenvalue weighted by atomic mass is 9.96. The first-order chi connectivity index (χ1) is 12.3. The molecule has 2 aliphatic rings. The van der Waals surface area contributed by atoms with E-state index >= 15 is 0 Å². The predicted molar refractivity (Wildman–Crippen MR) is 101 cm³/mol. The highest BCUT2D eigenvalue weighted by Gasteiger charge is 2.40. The normalized spacial score (nSPS) is 21.8. The highest BCUT2D eigenvalue weighted by atomic mass is 16.6. The monoisotopic (exact) mass is 339 g/mol. The minimum Gasteiger partial charge on any atom is -0.445 e. The Morgan fingerprint density at radius 3 is 2.80 bits per heavy atom. The topological polar surface area (TPSA) is 29.5 Å². The summed E-state index contributed by atoms with van der Waals surface area (Å²) in [5, 5.41) is 0. The molecule has 134 valence electrons. The summed E-state index contributed by atoms with van der Waals surface area (Å²) in [7, 11) is 0. The molecule has 3 nitrogen and oxygen atoms in total. The number of carbonyl (C=O) groups excluding carboxylic acids is 1. The fourth-order valence-electron chi connectivity index (χ4n) is 4.00. The first-order valence-electron chi connectivity index (χ1n) is 9.57. The minimum atomic E-state index is -0.155. The lowest BCUT2D eigenvalue weighted by Gasteiger charge is -2.33. The molecule has 2 atom stereocenters. The first-order valence-corrected chi connectivity index (χ1v) is 9.57. The van der Waals surface area contributed by atoms with Gasteiger partial charge >= 0.3 is 6.09 Å². The Hall–Kier alpha value is -2.03. The van der Waals surface area contributed by atoms with Gasteiger partial charge in [-0.3, -0.25) is 4.90 Å². The van der Waals surface area contributed by atoms with Gasteiger partial charge < -0.3 is 4.74 Å². The van der Waals surface area contributed by atoms with Crippen LogP contribution in [0.15, 0.2) is 54.6 Å². The summed E-state index contributed by atoms with van der Waals surface area (Å²) in [5.74, 6) is 0. The predicted octanol–water partition coefficient (Wildman–Crippen LogP) is 5.62. The number of unbranched alkanes of at least 4 members (excludes halogenated alkanes) is 3. The van der Waals surface area contributed by atoms with Crippen molar-refractivity contribution in [1.29, 1.82) is 0 Å². The number of ether oxygens (including phenoxy) is 1. The van der Waals surface area contributed by atoms with Crippen LogP contribution in [-0.2, 0) is 11.3 Å².